The van der Waals surface area contributed by atoms with Crippen molar-refractivity contribution in [2.45, 2.75) is 61.9 Å². The van der Waals surface area contributed by atoms with Gasteiger partial charge in [0.1, 0.15) is 5.69 Å². The molecule has 0 spiro atoms. The van der Waals surface area contributed by atoms with Crippen molar-refractivity contribution in [2.75, 3.05) is 11.1 Å². The molecule has 4 rings (SSSR count). The molecule has 1 atom stereocenters. The number of anilines is 1. The van der Waals surface area contributed by atoms with Crippen LogP contribution >= 0.6 is 0 Å². The highest BCUT2D eigenvalue weighted by molar-refractivity contribution is 7.91. The van der Waals surface area contributed by atoms with Gasteiger partial charge in [-0.05, 0) is 60.4 Å². The van der Waals surface area contributed by atoms with Crippen LogP contribution in [0.5, 0.6) is 0 Å². The predicted octanol–water partition coefficient (Wildman–Crippen LogP) is 4.01. The van der Waals surface area contributed by atoms with Gasteiger partial charge < -0.3 is 5.32 Å². The summed E-state index contributed by atoms with van der Waals surface area (Å²) in [5, 5.41) is 2.67. The zero-order chi connectivity index (χ0) is 24.0. The van der Waals surface area contributed by atoms with E-state index in [-0.39, 0.29) is 30.2 Å². The summed E-state index contributed by atoms with van der Waals surface area (Å²) in [5.41, 5.74) is 0.929. The van der Waals surface area contributed by atoms with E-state index in [1.165, 1.54) is 6.07 Å². The second-order valence-electron chi connectivity index (χ2n) is 9.21. The highest BCUT2D eigenvalue weighted by Crippen LogP contribution is 2.34. The van der Waals surface area contributed by atoms with E-state index in [4.69, 9.17) is 0 Å². The van der Waals surface area contributed by atoms with Crippen LogP contribution in [-0.4, -0.2) is 28.6 Å². The molecule has 1 aliphatic carbocycles. The Labute approximate surface area is 193 Å². The lowest BCUT2D eigenvalue weighted by Gasteiger charge is -2.36. The first-order valence-corrected chi connectivity index (χ1v) is 14.2. The molecule has 0 aromatic heterocycles. The van der Waals surface area contributed by atoms with Gasteiger partial charge >= 0.3 is 0 Å². The van der Waals surface area contributed by atoms with Crippen molar-refractivity contribution in [3.63, 3.8) is 0 Å². The van der Waals surface area contributed by atoms with Gasteiger partial charge in [-0.2, -0.15) is 0 Å². The van der Waals surface area contributed by atoms with E-state index in [0.29, 0.717) is 22.4 Å². The lowest BCUT2D eigenvalue weighted by molar-refractivity contribution is 0.209. The van der Waals surface area contributed by atoms with Crippen molar-refractivity contribution in [3.8, 4) is 0 Å². The average Bonchev–Trinajstić information content (AvgIpc) is 2.99. The minimum Gasteiger partial charge on any atom is -0.376 e. The van der Waals surface area contributed by atoms with Crippen molar-refractivity contribution < 1.29 is 25.6 Å². The summed E-state index contributed by atoms with van der Waals surface area (Å²) in [5.74, 6) is -1.67. The van der Waals surface area contributed by atoms with Crippen LogP contribution in [0.1, 0.15) is 44.2 Å². The van der Waals surface area contributed by atoms with E-state index in [2.05, 4.69) is 10.0 Å². The molecule has 1 unspecified atom stereocenters. The van der Waals surface area contributed by atoms with Gasteiger partial charge in [0.15, 0.2) is 21.5 Å². The summed E-state index contributed by atoms with van der Waals surface area (Å²) in [6.45, 7) is 3.91. The molecular weight excluding hydrogens is 470 g/mol. The van der Waals surface area contributed by atoms with E-state index in [1.807, 2.05) is 13.8 Å². The molecule has 6 nitrogen and oxygen atoms in total. The van der Waals surface area contributed by atoms with E-state index in [9.17, 15) is 25.6 Å². The number of hydrogen-bond donors (Lipinski definition) is 2. The van der Waals surface area contributed by atoms with Crippen LogP contribution in [-0.2, 0) is 32.8 Å². The van der Waals surface area contributed by atoms with Crippen molar-refractivity contribution in [2.24, 2.45) is 11.8 Å². The van der Waals surface area contributed by atoms with Crippen molar-refractivity contribution >= 4 is 25.5 Å². The summed E-state index contributed by atoms with van der Waals surface area (Å²) in [6.07, 6.45) is 3.34. The maximum absolute atomic E-state index is 14.7. The van der Waals surface area contributed by atoms with Crippen LogP contribution in [0, 0.1) is 23.5 Å². The van der Waals surface area contributed by atoms with E-state index in [1.54, 1.807) is 12.1 Å². The van der Waals surface area contributed by atoms with Gasteiger partial charge in [0.2, 0.25) is 10.0 Å². The number of halogens is 2. The zero-order valence-electron chi connectivity index (χ0n) is 18.6. The third kappa shape index (κ3) is 4.93. The summed E-state index contributed by atoms with van der Waals surface area (Å²) in [7, 11) is -7.33. The molecule has 0 amide bonds. The molecule has 1 fully saturated rings. The molecule has 2 aromatic carbocycles. The Kier molecular flexibility index (Phi) is 6.54. The third-order valence-corrected chi connectivity index (χ3v) is 9.81. The van der Waals surface area contributed by atoms with Crippen LogP contribution < -0.4 is 10.0 Å². The lowest BCUT2D eigenvalue weighted by atomic mass is 9.76. The predicted molar refractivity (Wildman–Crippen MR) is 122 cm³/mol. The number of hydrogen-bond acceptors (Lipinski definition) is 5. The van der Waals surface area contributed by atoms with Gasteiger partial charge in [0, 0.05) is 12.6 Å². The second-order valence-corrected chi connectivity index (χ2v) is 13.0. The number of nitrogens with one attached hydrogen (secondary N) is 2. The summed E-state index contributed by atoms with van der Waals surface area (Å²) >= 11 is 0. The first-order chi connectivity index (χ1) is 15.5. The molecule has 0 saturated heterocycles. The minimum absolute atomic E-state index is 0.0582. The Hall–Kier alpha value is -2.04. The number of sulfonamides is 1. The number of sulfone groups is 1. The van der Waals surface area contributed by atoms with Crippen LogP contribution in [0.3, 0.4) is 0 Å². The molecule has 10 heteroatoms. The zero-order valence-corrected chi connectivity index (χ0v) is 20.2. The molecule has 180 valence electrons. The average molecular weight is 499 g/mol. The standard InChI is InChI=1S/C23H28F2N2O4S2/c1-14(2)22(16-4-3-5-16)27-33(30,31)18-11-19(24)23(20(25)12-18)26-13-15-6-7-21-17(10-15)8-9-32(21,28)29/h6-7,10-12,14,16,22,26-27H,3-5,8-9,13H2,1-2H3. The molecule has 2 aromatic rings. The topological polar surface area (TPSA) is 92.3 Å². The fraction of sp³-hybridized carbons (Fsp3) is 0.478. The van der Waals surface area contributed by atoms with Crippen LogP contribution in [0.15, 0.2) is 40.1 Å². The smallest absolute Gasteiger partial charge is 0.241 e. The van der Waals surface area contributed by atoms with Gasteiger partial charge in [0.05, 0.1) is 15.5 Å². The number of aryl methyl sites for hydroxylation is 1. The Morgan fingerprint density at radius 1 is 1.09 bits per heavy atom. The monoisotopic (exact) mass is 498 g/mol. The Bertz CT molecular complexity index is 1250. The molecule has 1 saturated carbocycles. The summed E-state index contributed by atoms with van der Waals surface area (Å²) in [6, 6.07) is 6.17. The van der Waals surface area contributed by atoms with Gasteiger partial charge in [-0.25, -0.2) is 30.3 Å². The Morgan fingerprint density at radius 2 is 1.76 bits per heavy atom. The highest BCUT2D eigenvalue weighted by Gasteiger charge is 2.33. The molecule has 0 radical (unpaired) electrons. The highest BCUT2D eigenvalue weighted by atomic mass is 32.2. The van der Waals surface area contributed by atoms with E-state index >= 15 is 0 Å². The fourth-order valence-electron chi connectivity index (χ4n) is 4.48. The lowest BCUT2D eigenvalue weighted by Crippen LogP contribution is -2.46. The molecule has 1 heterocycles. The van der Waals surface area contributed by atoms with Gasteiger partial charge in [-0.1, -0.05) is 32.4 Å². The van der Waals surface area contributed by atoms with E-state index in [0.717, 1.165) is 31.4 Å². The van der Waals surface area contributed by atoms with Gasteiger partial charge in [0.25, 0.3) is 0 Å². The second kappa shape index (κ2) is 8.96. The minimum atomic E-state index is -4.09. The van der Waals surface area contributed by atoms with Gasteiger partial charge in [-0.3, -0.25) is 0 Å². The third-order valence-electron chi connectivity index (χ3n) is 6.56. The van der Waals surface area contributed by atoms with Crippen LogP contribution in [0.2, 0.25) is 0 Å². The maximum Gasteiger partial charge on any atom is 0.241 e. The first-order valence-electron chi connectivity index (χ1n) is 11.1. The number of fused-ring (bicyclic) bond motifs is 1. The van der Waals surface area contributed by atoms with Gasteiger partial charge in [-0.15, -0.1) is 0 Å². The first kappa shape index (κ1) is 24.1. The Balaban J connectivity index is 1.50. The number of benzene rings is 2. The normalized spacial score (nSPS) is 18.7. The number of rotatable bonds is 8. The quantitative estimate of drug-likeness (QED) is 0.574. The van der Waals surface area contributed by atoms with Crippen molar-refractivity contribution in [3.05, 3.63) is 53.1 Å². The molecular formula is C23H28F2N2O4S2. The largest absolute Gasteiger partial charge is 0.376 e. The summed E-state index contributed by atoms with van der Waals surface area (Å²) in [4.78, 5) is -0.150. The maximum atomic E-state index is 14.7. The van der Waals surface area contributed by atoms with Crippen molar-refractivity contribution in [1.29, 1.82) is 0 Å². The molecule has 2 N–H and O–H groups in total. The molecule has 1 aliphatic heterocycles. The SMILES string of the molecule is CC(C)C(NS(=O)(=O)c1cc(F)c(NCc2ccc3c(c2)CCS3(=O)=O)c(F)c1)C1CCC1. The van der Waals surface area contributed by atoms with E-state index < -0.39 is 42.1 Å². The Morgan fingerprint density at radius 3 is 2.33 bits per heavy atom. The molecule has 2 aliphatic rings. The van der Waals surface area contributed by atoms with Crippen LogP contribution in [0.25, 0.3) is 0 Å². The molecule has 33 heavy (non-hydrogen) atoms. The fourth-order valence-corrected chi connectivity index (χ4v) is 7.50. The summed E-state index contributed by atoms with van der Waals surface area (Å²) < 4.78 is 81.6. The van der Waals surface area contributed by atoms with Crippen molar-refractivity contribution in [1.82, 2.24) is 4.72 Å². The van der Waals surface area contributed by atoms with Crippen LogP contribution in [0.4, 0.5) is 14.5 Å². The molecule has 0 bridgehead atoms.